The number of sulfonamides is 1. The number of nitrogens with zero attached hydrogens (tertiary/aromatic N) is 1. The zero-order chi connectivity index (χ0) is 12.3. The third-order valence-electron chi connectivity index (χ3n) is 3.08. The summed E-state index contributed by atoms with van der Waals surface area (Å²) in [5.74, 6) is 0.219. The molecule has 0 aliphatic heterocycles. The van der Waals surface area contributed by atoms with Crippen LogP contribution in [0.3, 0.4) is 0 Å². The number of imidazole rings is 1. The normalized spacial score (nSPS) is 25.9. The molecule has 1 aliphatic carbocycles. The monoisotopic (exact) mass is 259 g/mol. The van der Waals surface area contributed by atoms with Crippen molar-refractivity contribution in [2.75, 3.05) is 6.54 Å². The highest BCUT2D eigenvalue weighted by Crippen LogP contribution is 2.23. The number of nitrogens with one attached hydrogen (secondary N) is 2. The number of aromatic nitrogens is 2. The number of aliphatic hydroxyl groups is 1. The average Bonchev–Trinajstić information content (AvgIpc) is 2.81. The van der Waals surface area contributed by atoms with Gasteiger partial charge in [-0.25, -0.2) is 18.1 Å². The summed E-state index contributed by atoms with van der Waals surface area (Å²) in [4.78, 5) is 6.24. The molecular formula is C10H17N3O3S. The Kier molecular flexibility index (Phi) is 3.80. The minimum Gasteiger partial charge on any atom is -0.393 e. The van der Waals surface area contributed by atoms with E-state index >= 15 is 0 Å². The Morgan fingerprint density at radius 1 is 1.53 bits per heavy atom. The minimum absolute atomic E-state index is 0.0776. The summed E-state index contributed by atoms with van der Waals surface area (Å²) >= 11 is 0. The largest absolute Gasteiger partial charge is 0.393 e. The first kappa shape index (κ1) is 12.5. The Bertz CT molecular complexity index is 443. The molecule has 0 saturated heterocycles. The summed E-state index contributed by atoms with van der Waals surface area (Å²) in [6, 6.07) is 0. The van der Waals surface area contributed by atoms with Crippen LogP contribution < -0.4 is 4.72 Å². The van der Waals surface area contributed by atoms with Gasteiger partial charge in [0.15, 0.2) is 5.03 Å². The van der Waals surface area contributed by atoms with Gasteiger partial charge in [-0.1, -0.05) is 6.42 Å². The van der Waals surface area contributed by atoms with Gasteiger partial charge in [0, 0.05) is 6.54 Å². The third kappa shape index (κ3) is 3.27. The Morgan fingerprint density at radius 2 is 2.35 bits per heavy atom. The Morgan fingerprint density at radius 3 is 3.00 bits per heavy atom. The van der Waals surface area contributed by atoms with Crippen LogP contribution >= 0.6 is 0 Å². The first-order chi connectivity index (χ1) is 8.08. The summed E-state index contributed by atoms with van der Waals surface area (Å²) in [6.45, 7) is 0.373. The maximum atomic E-state index is 11.8. The molecule has 0 spiro atoms. The average molecular weight is 259 g/mol. The van der Waals surface area contributed by atoms with Crippen molar-refractivity contribution in [1.29, 1.82) is 0 Å². The van der Waals surface area contributed by atoms with Gasteiger partial charge in [-0.2, -0.15) is 0 Å². The van der Waals surface area contributed by atoms with E-state index in [1.807, 2.05) is 0 Å². The van der Waals surface area contributed by atoms with E-state index in [2.05, 4.69) is 14.7 Å². The van der Waals surface area contributed by atoms with Gasteiger partial charge < -0.3 is 10.1 Å². The molecule has 0 bridgehead atoms. The Balaban J connectivity index is 1.89. The molecule has 0 radical (unpaired) electrons. The highest BCUT2D eigenvalue weighted by atomic mass is 32.2. The summed E-state index contributed by atoms with van der Waals surface area (Å²) < 4.78 is 26.1. The van der Waals surface area contributed by atoms with E-state index in [9.17, 15) is 13.5 Å². The lowest BCUT2D eigenvalue weighted by molar-refractivity contribution is 0.102. The Hall–Kier alpha value is -0.920. The van der Waals surface area contributed by atoms with E-state index < -0.39 is 10.0 Å². The molecule has 3 N–H and O–H groups in total. The second kappa shape index (κ2) is 5.16. The van der Waals surface area contributed by atoms with Crippen molar-refractivity contribution < 1.29 is 13.5 Å². The molecule has 0 amide bonds. The van der Waals surface area contributed by atoms with Crippen LogP contribution in [-0.2, 0) is 10.0 Å². The molecule has 96 valence electrons. The van der Waals surface area contributed by atoms with Crippen molar-refractivity contribution in [3.8, 4) is 0 Å². The fourth-order valence-corrected chi connectivity index (χ4v) is 3.16. The Labute approximate surface area is 101 Å². The molecule has 1 aromatic rings. The molecule has 2 rings (SSSR count). The van der Waals surface area contributed by atoms with E-state index in [0.29, 0.717) is 13.0 Å². The summed E-state index contributed by atoms with van der Waals surface area (Å²) in [5.41, 5.74) is 0. The number of hydrogen-bond acceptors (Lipinski definition) is 4. The fourth-order valence-electron chi connectivity index (χ4n) is 2.14. The van der Waals surface area contributed by atoms with Crippen LogP contribution in [0.25, 0.3) is 0 Å². The molecule has 1 aromatic heterocycles. The summed E-state index contributed by atoms with van der Waals surface area (Å²) in [5, 5.41) is 9.58. The lowest BCUT2D eigenvalue weighted by atomic mass is 9.87. The van der Waals surface area contributed by atoms with Gasteiger partial charge >= 0.3 is 0 Å². The minimum atomic E-state index is -3.48. The van der Waals surface area contributed by atoms with E-state index in [-0.39, 0.29) is 17.0 Å². The zero-order valence-corrected chi connectivity index (χ0v) is 10.3. The van der Waals surface area contributed by atoms with Crippen LogP contribution in [0.1, 0.15) is 25.7 Å². The third-order valence-corrected chi connectivity index (χ3v) is 4.43. The van der Waals surface area contributed by atoms with Crippen molar-refractivity contribution in [2.24, 2.45) is 5.92 Å². The molecule has 1 heterocycles. The first-order valence-corrected chi connectivity index (χ1v) is 7.22. The van der Waals surface area contributed by atoms with Gasteiger partial charge in [0.1, 0.15) is 0 Å². The van der Waals surface area contributed by atoms with Gasteiger partial charge in [0.2, 0.25) is 0 Å². The standard InChI is InChI=1S/C10H17N3O3S/c14-9-3-1-2-8(4-9)5-13-17(15,16)10-6-11-7-12-10/h6-9,13-14H,1-5H2,(H,11,12). The van der Waals surface area contributed by atoms with Crippen LogP contribution in [0.2, 0.25) is 0 Å². The highest BCUT2D eigenvalue weighted by Gasteiger charge is 2.23. The molecule has 2 unspecified atom stereocenters. The van der Waals surface area contributed by atoms with E-state index in [4.69, 9.17) is 0 Å². The molecular weight excluding hydrogens is 242 g/mol. The number of aromatic amines is 1. The van der Waals surface area contributed by atoms with Crippen molar-refractivity contribution in [3.63, 3.8) is 0 Å². The van der Waals surface area contributed by atoms with Gasteiger partial charge in [0.25, 0.3) is 10.0 Å². The summed E-state index contributed by atoms with van der Waals surface area (Å²) in [7, 11) is -3.48. The van der Waals surface area contributed by atoms with Crippen LogP contribution in [-0.4, -0.2) is 36.1 Å². The van der Waals surface area contributed by atoms with Crippen LogP contribution in [0.15, 0.2) is 17.6 Å². The topological polar surface area (TPSA) is 95.1 Å². The number of rotatable bonds is 4. The molecule has 0 aromatic carbocycles. The lowest BCUT2D eigenvalue weighted by Gasteiger charge is -2.25. The zero-order valence-electron chi connectivity index (χ0n) is 9.46. The quantitative estimate of drug-likeness (QED) is 0.721. The first-order valence-electron chi connectivity index (χ1n) is 5.74. The van der Waals surface area contributed by atoms with E-state index in [1.165, 1.54) is 12.5 Å². The van der Waals surface area contributed by atoms with Crippen LogP contribution in [0.5, 0.6) is 0 Å². The van der Waals surface area contributed by atoms with Gasteiger partial charge in [-0.15, -0.1) is 0 Å². The number of hydrogen-bond donors (Lipinski definition) is 3. The van der Waals surface area contributed by atoms with Gasteiger partial charge in [-0.3, -0.25) is 0 Å². The number of H-pyrrole nitrogens is 1. The highest BCUT2D eigenvalue weighted by molar-refractivity contribution is 7.89. The van der Waals surface area contributed by atoms with Crippen molar-refractivity contribution in [2.45, 2.75) is 36.8 Å². The lowest BCUT2D eigenvalue weighted by Crippen LogP contribution is -2.33. The predicted molar refractivity (Wildman–Crippen MR) is 61.7 cm³/mol. The molecule has 1 fully saturated rings. The maximum Gasteiger partial charge on any atom is 0.257 e. The molecule has 2 atom stereocenters. The molecule has 17 heavy (non-hydrogen) atoms. The van der Waals surface area contributed by atoms with Crippen molar-refractivity contribution >= 4 is 10.0 Å². The van der Waals surface area contributed by atoms with E-state index in [1.54, 1.807) is 0 Å². The molecule has 1 aliphatic rings. The summed E-state index contributed by atoms with van der Waals surface area (Å²) in [6.07, 6.45) is 5.73. The van der Waals surface area contributed by atoms with Gasteiger partial charge in [0.05, 0.1) is 18.6 Å². The van der Waals surface area contributed by atoms with E-state index in [0.717, 1.165) is 19.3 Å². The fraction of sp³-hybridized carbons (Fsp3) is 0.700. The second-order valence-electron chi connectivity index (χ2n) is 4.45. The van der Waals surface area contributed by atoms with Crippen LogP contribution in [0, 0.1) is 5.92 Å². The smallest absolute Gasteiger partial charge is 0.257 e. The molecule has 1 saturated carbocycles. The number of aliphatic hydroxyl groups excluding tert-OH is 1. The molecule has 6 nitrogen and oxygen atoms in total. The maximum absolute atomic E-state index is 11.8. The second-order valence-corrected chi connectivity index (χ2v) is 6.19. The molecule has 7 heteroatoms. The van der Waals surface area contributed by atoms with Gasteiger partial charge in [-0.05, 0) is 25.2 Å². The van der Waals surface area contributed by atoms with Crippen molar-refractivity contribution in [3.05, 3.63) is 12.5 Å². The predicted octanol–water partition coefficient (Wildman–Crippen LogP) is 0.239. The SMILES string of the molecule is O=S(=O)(NCC1CCCC(O)C1)c1cnc[nH]1. The van der Waals surface area contributed by atoms with Crippen LogP contribution in [0.4, 0.5) is 0 Å². The van der Waals surface area contributed by atoms with Crippen molar-refractivity contribution in [1.82, 2.24) is 14.7 Å².